The minimum atomic E-state index is -0.481. The van der Waals surface area contributed by atoms with Crippen LogP contribution in [0.5, 0.6) is 5.75 Å². The van der Waals surface area contributed by atoms with Gasteiger partial charge >= 0.3 is 0 Å². The molecule has 0 spiro atoms. The van der Waals surface area contributed by atoms with Crippen molar-refractivity contribution in [2.45, 2.75) is 38.6 Å². The molecule has 0 bridgehead atoms. The molecule has 0 saturated heterocycles. The summed E-state index contributed by atoms with van der Waals surface area (Å²) in [5, 5.41) is 3.00. The second kappa shape index (κ2) is 7.11. The summed E-state index contributed by atoms with van der Waals surface area (Å²) in [6, 6.07) is 6.70. The van der Waals surface area contributed by atoms with Gasteiger partial charge in [-0.2, -0.15) is 0 Å². The van der Waals surface area contributed by atoms with Crippen molar-refractivity contribution >= 4 is 11.8 Å². The summed E-state index contributed by atoms with van der Waals surface area (Å²) in [5.41, 5.74) is 5.58. The van der Waals surface area contributed by atoms with Crippen LogP contribution in [-0.2, 0) is 4.79 Å². The Morgan fingerprint density at radius 3 is 2.38 bits per heavy atom. The van der Waals surface area contributed by atoms with Gasteiger partial charge in [-0.3, -0.25) is 9.59 Å². The zero-order chi connectivity index (χ0) is 15.2. The summed E-state index contributed by atoms with van der Waals surface area (Å²) in [4.78, 5) is 22.8. The van der Waals surface area contributed by atoms with Crippen LogP contribution in [0.3, 0.4) is 0 Å². The first-order valence-electron chi connectivity index (χ1n) is 7.36. The first-order chi connectivity index (χ1) is 10.0. The normalized spacial score (nSPS) is 21.6. The lowest BCUT2D eigenvalue weighted by Crippen LogP contribution is -2.39. The Hall–Kier alpha value is -2.04. The molecule has 1 aromatic carbocycles. The summed E-state index contributed by atoms with van der Waals surface area (Å²) >= 11 is 0. The van der Waals surface area contributed by atoms with Crippen LogP contribution in [0.4, 0.5) is 0 Å². The van der Waals surface area contributed by atoms with Crippen LogP contribution in [0.1, 0.15) is 43.0 Å². The fraction of sp³-hybridized carbons (Fsp3) is 0.500. The van der Waals surface area contributed by atoms with E-state index in [9.17, 15) is 9.59 Å². The molecule has 0 atom stereocenters. The molecule has 0 radical (unpaired) electrons. The predicted octanol–water partition coefficient (Wildman–Crippen LogP) is 1.86. The molecule has 2 rings (SSSR count). The minimum absolute atomic E-state index is 0.0119. The molecule has 5 heteroatoms. The Bertz CT molecular complexity index is 491. The van der Waals surface area contributed by atoms with Gasteiger partial charge in [-0.05, 0) is 55.9 Å². The van der Waals surface area contributed by atoms with Crippen molar-refractivity contribution in [1.82, 2.24) is 5.32 Å². The number of primary amides is 1. The number of carbonyl (C=O) groups is 2. The Morgan fingerprint density at radius 1 is 1.19 bits per heavy atom. The Balaban J connectivity index is 1.74. The molecule has 0 heterocycles. The van der Waals surface area contributed by atoms with E-state index in [1.165, 1.54) is 12.8 Å². The summed E-state index contributed by atoms with van der Waals surface area (Å²) in [6.45, 7) is 2.23. The average Bonchev–Trinajstić information content (AvgIpc) is 2.48. The molecule has 0 aliphatic heterocycles. The lowest BCUT2D eigenvalue weighted by molar-refractivity contribution is -0.124. The first kappa shape index (κ1) is 15.4. The van der Waals surface area contributed by atoms with E-state index >= 15 is 0 Å². The van der Waals surface area contributed by atoms with Gasteiger partial charge in [0.1, 0.15) is 5.75 Å². The number of nitrogens with two attached hydrogens (primary N) is 1. The highest BCUT2D eigenvalue weighted by Crippen LogP contribution is 2.23. The summed E-state index contributed by atoms with van der Waals surface area (Å²) in [5.74, 6) is 0.727. The fourth-order valence-corrected chi connectivity index (χ4v) is 2.54. The fourth-order valence-electron chi connectivity index (χ4n) is 2.54. The molecule has 5 nitrogen and oxygen atoms in total. The maximum Gasteiger partial charge on any atom is 0.258 e. The molecule has 1 fully saturated rings. The van der Waals surface area contributed by atoms with Gasteiger partial charge in [-0.1, -0.05) is 6.92 Å². The average molecular weight is 290 g/mol. The summed E-state index contributed by atoms with van der Waals surface area (Å²) in [7, 11) is 0. The molecular weight excluding hydrogens is 268 g/mol. The van der Waals surface area contributed by atoms with Gasteiger partial charge in [-0.15, -0.1) is 0 Å². The number of carbonyl (C=O) groups excluding carboxylic acids is 2. The Morgan fingerprint density at radius 2 is 1.81 bits per heavy atom. The molecule has 1 aliphatic rings. The van der Waals surface area contributed by atoms with Crippen LogP contribution in [0, 0.1) is 5.92 Å². The highest BCUT2D eigenvalue weighted by molar-refractivity contribution is 5.92. The molecule has 0 aromatic heterocycles. The molecule has 3 N–H and O–H groups in total. The van der Waals surface area contributed by atoms with E-state index in [0.717, 1.165) is 18.8 Å². The number of nitrogens with one attached hydrogen (secondary N) is 1. The molecule has 1 saturated carbocycles. The van der Waals surface area contributed by atoms with Gasteiger partial charge in [0.2, 0.25) is 5.91 Å². The van der Waals surface area contributed by atoms with E-state index in [-0.39, 0.29) is 18.6 Å². The van der Waals surface area contributed by atoms with E-state index < -0.39 is 5.91 Å². The van der Waals surface area contributed by atoms with Crippen LogP contribution in [0.25, 0.3) is 0 Å². The zero-order valence-corrected chi connectivity index (χ0v) is 12.3. The third-order valence-corrected chi connectivity index (χ3v) is 3.89. The molecule has 0 unspecified atom stereocenters. The smallest absolute Gasteiger partial charge is 0.258 e. The quantitative estimate of drug-likeness (QED) is 0.868. The van der Waals surface area contributed by atoms with Gasteiger partial charge in [-0.25, -0.2) is 0 Å². The third kappa shape index (κ3) is 4.77. The van der Waals surface area contributed by atoms with E-state index in [1.54, 1.807) is 24.3 Å². The molecule has 2 amide bonds. The predicted molar refractivity (Wildman–Crippen MR) is 80.0 cm³/mol. The van der Waals surface area contributed by atoms with Gasteiger partial charge in [0.15, 0.2) is 6.61 Å². The van der Waals surface area contributed by atoms with Crippen molar-refractivity contribution in [2.24, 2.45) is 11.7 Å². The first-order valence-corrected chi connectivity index (χ1v) is 7.36. The monoisotopic (exact) mass is 290 g/mol. The zero-order valence-electron chi connectivity index (χ0n) is 12.3. The maximum absolute atomic E-state index is 11.8. The topological polar surface area (TPSA) is 81.4 Å². The SMILES string of the molecule is CC1CCC(NC(=O)COc2ccc(C(N)=O)cc2)CC1. The molecule has 1 aliphatic carbocycles. The second-order valence-corrected chi connectivity index (χ2v) is 5.70. The highest BCUT2D eigenvalue weighted by atomic mass is 16.5. The Labute approximate surface area is 124 Å². The molecule has 1 aromatic rings. The summed E-state index contributed by atoms with van der Waals surface area (Å²) in [6.07, 6.45) is 4.42. The minimum Gasteiger partial charge on any atom is -0.484 e. The van der Waals surface area contributed by atoms with Crippen molar-refractivity contribution in [3.8, 4) is 5.75 Å². The van der Waals surface area contributed by atoms with Crippen molar-refractivity contribution in [2.75, 3.05) is 6.61 Å². The third-order valence-electron chi connectivity index (χ3n) is 3.89. The number of hydrogen-bond donors (Lipinski definition) is 2. The number of ether oxygens (including phenoxy) is 1. The van der Waals surface area contributed by atoms with Crippen LogP contribution in [-0.4, -0.2) is 24.5 Å². The number of benzene rings is 1. The van der Waals surface area contributed by atoms with Gasteiger partial charge in [0, 0.05) is 11.6 Å². The van der Waals surface area contributed by atoms with Crippen molar-refractivity contribution in [3.05, 3.63) is 29.8 Å². The Kier molecular flexibility index (Phi) is 5.20. The summed E-state index contributed by atoms with van der Waals surface area (Å²) < 4.78 is 5.40. The van der Waals surface area contributed by atoms with Crippen molar-refractivity contribution < 1.29 is 14.3 Å². The van der Waals surface area contributed by atoms with Crippen LogP contribution in [0.2, 0.25) is 0 Å². The molecule has 21 heavy (non-hydrogen) atoms. The molecule has 114 valence electrons. The lowest BCUT2D eigenvalue weighted by Gasteiger charge is -2.26. The second-order valence-electron chi connectivity index (χ2n) is 5.70. The van der Waals surface area contributed by atoms with Crippen molar-refractivity contribution in [3.63, 3.8) is 0 Å². The lowest BCUT2D eigenvalue weighted by atomic mass is 9.87. The standard InChI is InChI=1S/C16H22N2O3/c1-11-2-6-13(7-3-11)18-15(19)10-21-14-8-4-12(5-9-14)16(17)20/h4-5,8-9,11,13H,2-3,6-7,10H2,1H3,(H2,17,20)(H,18,19). The van der Waals surface area contributed by atoms with Gasteiger partial charge < -0.3 is 15.8 Å². The van der Waals surface area contributed by atoms with Crippen molar-refractivity contribution in [1.29, 1.82) is 0 Å². The number of rotatable bonds is 5. The van der Waals surface area contributed by atoms with E-state index in [1.807, 2.05) is 0 Å². The van der Waals surface area contributed by atoms with Gasteiger partial charge in [0.05, 0.1) is 0 Å². The van der Waals surface area contributed by atoms with Crippen LogP contribution < -0.4 is 15.8 Å². The van der Waals surface area contributed by atoms with E-state index in [0.29, 0.717) is 11.3 Å². The number of amides is 2. The molecular formula is C16H22N2O3. The van der Waals surface area contributed by atoms with Crippen LogP contribution in [0.15, 0.2) is 24.3 Å². The van der Waals surface area contributed by atoms with Gasteiger partial charge in [0.25, 0.3) is 5.91 Å². The maximum atomic E-state index is 11.8. The van der Waals surface area contributed by atoms with E-state index in [2.05, 4.69) is 12.2 Å². The van der Waals surface area contributed by atoms with Crippen LogP contribution >= 0.6 is 0 Å². The highest BCUT2D eigenvalue weighted by Gasteiger charge is 2.19. The number of hydrogen-bond acceptors (Lipinski definition) is 3. The largest absolute Gasteiger partial charge is 0.484 e. The van der Waals surface area contributed by atoms with E-state index in [4.69, 9.17) is 10.5 Å².